The van der Waals surface area contributed by atoms with Gasteiger partial charge in [0.1, 0.15) is 6.10 Å². The van der Waals surface area contributed by atoms with Crippen LogP contribution in [0.15, 0.2) is 30.3 Å². The molecule has 3 rings (SSSR count). The zero-order chi connectivity index (χ0) is 14.8. The van der Waals surface area contributed by atoms with Gasteiger partial charge >= 0.3 is 5.97 Å². The van der Waals surface area contributed by atoms with Crippen molar-refractivity contribution in [1.82, 2.24) is 4.90 Å². The second-order valence-corrected chi connectivity index (χ2v) is 6.17. The maximum atomic E-state index is 11.3. The summed E-state index contributed by atoms with van der Waals surface area (Å²) in [5, 5.41) is 10.4. The lowest BCUT2D eigenvalue weighted by atomic mass is 9.80. The first-order valence-corrected chi connectivity index (χ1v) is 7.80. The number of aliphatic hydroxyl groups excluding tert-OH is 1. The Morgan fingerprint density at radius 1 is 1.24 bits per heavy atom. The summed E-state index contributed by atoms with van der Waals surface area (Å²) in [5.74, 6) is -0.254. The lowest BCUT2D eigenvalue weighted by Crippen LogP contribution is -2.62. The standard InChI is InChI=1S/C17H23NO3/c1-12(19)21-16-10-8-14-7-9-15(20)17(16)18(14)11-13-5-3-2-4-6-13/h2-6,14-17,20H,7-11H2,1H3/t14?,15-,16+,17?/m1/s1. The first-order valence-electron chi connectivity index (χ1n) is 7.80. The van der Waals surface area contributed by atoms with Gasteiger partial charge in [0, 0.05) is 19.5 Å². The van der Waals surface area contributed by atoms with Crippen molar-refractivity contribution in [1.29, 1.82) is 0 Å². The predicted octanol–water partition coefficient (Wildman–Crippen LogP) is 2.11. The highest BCUT2D eigenvalue weighted by Crippen LogP contribution is 2.36. The predicted molar refractivity (Wildman–Crippen MR) is 79.6 cm³/mol. The van der Waals surface area contributed by atoms with E-state index in [1.165, 1.54) is 12.5 Å². The summed E-state index contributed by atoms with van der Waals surface area (Å²) in [6, 6.07) is 10.7. The topological polar surface area (TPSA) is 49.8 Å². The number of aliphatic hydroxyl groups is 1. The number of benzene rings is 1. The second kappa shape index (κ2) is 6.16. The molecular weight excluding hydrogens is 266 g/mol. The Kier molecular flexibility index (Phi) is 4.27. The van der Waals surface area contributed by atoms with Gasteiger partial charge in [0.2, 0.25) is 0 Å². The summed E-state index contributed by atoms with van der Waals surface area (Å²) in [4.78, 5) is 13.7. The Morgan fingerprint density at radius 3 is 2.67 bits per heavy atom. The van der Waals surface area contributed by atoms with Crippen LogP contribution in [-0.2, 0) is 16.1 Å². The van der Waals surface area contributed by atoms with E-state index >= 15 is 0 Å². The van der Waals surface area contributed by atoms with Gasteiger partial charge in [0.25, 0.3) is 0 Å². The molecule has 0 radical (unpaired) electrons. The summed E-state index contributed by atoms with van der Waals surface area (Å²) in [7, 11) is 0. The van der Waals surface area contributed by atoms with Gasteiger partial charge in [0.15, 0.2) is 0 Å². The number of carbonyl (C=O) groups excluding carboxylic acids is 1. The normalized spacial score (nSPS) is 32.7. The fourth-order valence-corrected chi connectivity index (χ4v) is 3.83. The summed E-state index contributed by atoms with van der Waals surface area (Å²) < 4.78 is 5.47. The van der Waals surface area contributed by atoms with Crippen LogP contribution in [-0.4, -0.2) is 40.3 Å². The first-order chi connectivity index (χ1) is 10.1. The van der Waals surface area contributed by atoms with Crippen molar-refractivity contribution in [3.8, 4) is 0 Å². The van der Waals surface area contributed by atoms with E-state index in [2.05, 4.69) is 17.0 Å². The van der Waals surface area contributed by atoms with Crippen LogP contribution in [0.5, 0.6) is 0 Å². The molecule has 1 aromatic carbocycles. The first kappa shape index (κ1) is 14.5. The molecule has 21 heavy (non-hydrogen) atoms. The van der Waals surface area contributed by atoms with Gasteiger partial charge in [-0.05, 0) is 31.2 Å². The lowest BCUT2D eigenvalue weighted by molar-refractivity contribution is -0.166. The average Bonchev–Trinajstić information content (AvgIpc) is 2.45. The molecule has 2 aliphatic rings. The molecule has 2 unspecified atom stereocenters. The van der Waals surface area contributed by atoms with E-state index in [0.29, 0.717) is 6.04 Å². The molecule has 1 aromatic rings. The Morgan fingerprint density at radius 2 is 1.95 bits per heavy atom. The molecule has 4 nitrogen and oxygen atoms in total. The third-order valence-electron chi connectivity index (χ3n) is 4.73. The van der Waals surface area contributed by atoms with E-state index in [1.54, 1.807) is 0 Å². The number of piperidine rings is 2. The van der Waals surface area contributed by atoms with E-state index in [4.69, 9.17) is 4.74 Å². The van der Waals surface area contributed by atoms with Crippen LogP contribution >= 0.6 is 0 Å². The van der Waals surface area contributed by atoms with Gasteiger partial charge in [-0.25, -0.2) is 0 Å². The molecule has 2 aliphatic heterocycles. The minimum atomic E-state index is -0.408. The lowest BCUT2D eigenvalue weighted by Gasteiger charge is -2.51. The highest BCUT2D eigenvalue weighted by molar-refractivity contribution is 5.66. The molecular formula is C17H23NO3. The number of esters is 1. The maximum absolute atomic E-state index is 11.3. The molecule has 0 aromatic heterocycles. The van der Waals surface area contributed by atoms with Gasteiger partial charge < -0.3 is 9.84 Å². The van der Waals surface area contributed by atoms with Crippen LogP contribution in [0.1, 0.15) is 38.2 Å². The summed E-state index contributed by atoms with van der Waals surface area (Å²) in [6.07, 6.45) is 3.13. The molecule has 2 heterocycles. The Hall–Kier alpha value is -1.39. The van der Waals surface area contributed by atoms with Gasteiger partial charge in [-0.15, -0.1) is 0 Å². The van der Waals surface area contributed by atoms with Gasteiger partial charge in [0.05, 0.1) is 12.1 Å². The number of rotatable bonds is 3. The minimum absolute atomic E-state index is 0.0680. The molecule has 2 bridgehead atoms. The van der Waals surface area contributed by atoms with Crippen molar-refractivity contribution in [2.45, 2.75) is 63.4 Å². The average molecular weight is 289 g/mol. The number of nitrogens with zero attached hydrogens (tertiary/aromatic N) is 1. The molecule has 4 heteroatoms. The Labute approximate surface area is 125 Å². The van der Waals surface area contributed by atoms with Crippen molar-refractivity contribution in [3.05, 3.63) is 35.9 Å². The molecule has 0 aliphatic carbocycles. The van der Waals surface area contributed by atoms with Gasteiger partial charge in [-0.2, -0.15) is 0 Å². The van der Waals surface area contributed by atoms with Crippen LogP contribution in [0.25, 0.3) is 0 Å². The third-order valence-corrected chi connectivity index (χ3v) is 4.73. The number of hydrogen-bond donors (Lipinski definition) is 1. The van der Waals surface area contributed by atoms with Crippen molar-refractivity contribution in [3.63, 3.8) is 0 Å². The molecule has 114 valence electrons. The monoisotopic (exact) mass is 289 g/mol. The zero-order valence-electron chi connectivity index (χ0n) is 12.4. The van der Waals surface area contributed by atoms with Crippen molar-refractivity contribution in [2.24, 2.45) is 0 Å². The number of fused-ring (bicyclic) bond motifs is 2. The van der Waals surface area contributed by atoms with Gasteiger partial charge in [-0.1, -0.05) is 30.3 Å². The molecule has 2 saturated heterocycles. The number of ether oxygens (including phenoxy) is 1. The third kappa shape index (κ3) is 3.11. The molecule has 1 N–H and O–H groups in total. The van der Waals surface area contributed by atoms with Crippen LogP contribution in [0.3, 0.4) is 0 Å². The van der Waals surface area contributed by atoms with Crippen molar-refractivity contribution >= 4 is 5.97 Å². The fourth-order valence-electron chi connectivity index (χ4n) is 3.83. The summed E-state index contributed by atoms with van der Waals surface area (Å²) in [6.45, 7) is 2.26. The SMILES string of the molecule is CC(=O)O[C@H]1CCC2CC[C@@H](O)C1N2Cc1ccccc1. The fraction of sp³-hybridized carbons (Fsp3) is 0.588. The highest BCUT2D eigenvalue weighted by Gasteiger charge is 2.45. The van der Waals surface area contributed by atoms with Crippen molar-refractivity contribution < 1.29 is 14.6 Å². The molecule has 0 spiro atoms. The Bertz CT molecular complexity index is 490. The van der Waals surface area contributed by atoms with Crippen LogP contribution in [0.2, 0.25) is 0 Å². The summed E-state index contributed by atoms with van der Waals surface area (Å²) in [5.41, 5.74) is 1.24. The van der Waals surface area contributed by atoms with Crippen LogP contribution < -0.4 is 0 Å². The van der Waals surface area contributed by atoms with Crippen LogP contribution in [0, 0.1) is 0 Å². The molecule has 0 amide bonds. The van der Waals surface area contributed by atoms with Crippen LogP contribution in [0.4, 0.5) is 0 Å². The largest absolute Gasteiger partial charge is 0.461 e. The van der Waals surface area contributed by atoms with Crippen molar-refractivity contribution in [2.75, 3.05) is 0 Å². The van der Waals surface area contributed by atoms with E-state index in [-0.39, 0.29) is 18.1 Å². The van der Waals surface area contributed by atoms with E-state index < -0.39 is 6.10 Å². The van der Waals surface area contributed by atoms with E-state index in [1.807, 2.05) is 18.2 Å². The zero-order valence-corrected chi connectivity index (χ0v) is 12.4. The minimum Gasteiger partial charge on any atom is -0.461 e. The second-order valence-electron chi connectivity index (χ2n) is 6.17. The van der Waals surface area contributed by atoms with Gasteiger partial charge in [-0.3, -0.25) is 9.69 Å². The molecule has 4 atom stereocenters. The number of carbonyl (C=O) groups is 1. The highest BCUT2D eigenvalue weighted by atomic mass is 16.5. The summed E-state index contributed by atoms with van der Waals surface area (Å²) >= 11 is 0. The smallest absolute Gasteiger partial charge is 0.302 e. The quantitative estimate of drug-likeness (QED) is 0.866. The van der Waals surface area contributed by atoms with E-state index in [9.17, 15) is 9.90 Å². The maximum Gasteiger partial charge on any atom is 0.302 e. The molecule has 0 saturated carbocycles. The Balaban J connectivity index is 1.81. The number of hydrogen-bond acceptors (Lipinski definition) is 4. The van der Waals surface area contributed by atoms with E-state index in [0.717, 1.165) is 32.2 Å². The molecule has 2 fully saturated rings.